The molecule has 0 spiro atoms. The fourth-order valence-corrected chi connectivity index (χ4v) is 1.83. The van der Waals surface area contributed by atoms with Crippen LogP contribution in [0, 0.1) is 11.8 Å². The van der Waals surface area contributed by atoms with E-state index in [0.29, 0.717) is 12.3 Å². The van der Waals surface area contributed by atoms with Crippen LogP contribution in [-0.4, -0.2) is 33.1 Å². The summed E-state index contributed by atoms with van der Waals surface area (Å²) in [5.41, 5.74) is -0.521. The van der Waals surface area contributed by atoms with Crippen LogP contribution in [0.5, 0.6) is 0 Å². The summed E-state index contributed by atoms with van der Waals surface area (Å²) in [5.74, 6) is 1.44. The minimum Gasteiger partial charge on any atom is -0.442 e. The fraction of sp³-hybridized carbons (Fsp3) is 0.714. The molecule has 0 saturated carbocycles. The van der Waals surface area contributed by atoms with Crippen LogP contribution in [0.15, 0.2) is 11.3 Å². The van der Waals surface area contributed by atoms with Gasteiger partial charge < -0.3 is 4.74 Å². The van der Waals surface area contributed by atoms with Crippen molar-refractivity contribution >= 4 is 12.3 Å². The lowest BCUT2D eigenvalue weighted by atomic mass is 9.95. The van der Waals surface area contributed by atoms with Crippen molar-refractivity contribution in [2.75, 3.05) is 0 Å². The molecule has 1 aromatic heterocycles. The number of H-pyrrole nitrogens is 1. The van der Waals surface area contributed by atoms with E-state index in [1.54, 1.807) is 6.21 Å². The molecule has 6 nitrogen and oxygen atoms in total. The average Bonchev–Trinajstić information content (AvgIpc) is 2.75. The molecule has 1 atom stereocenters. The first-order chi connectivity index (χ1) is 9.26. The van der Waals surface area contributed by atoms with E-state index < -0.39 is 11.7 Å². The third-order valence-electron chi connectivity index (χ3n) is 2.48. The van der Waals surface area contributed by atoms with Gasteiger partial charge in [-0.15, -0.1) is 0 Å². The topological polar surface area (TPSA) is 80.2 Å². The van der Waals surface area contributed by atoms with Crippen molar-refractivity contribution in [3.63, 3.8) is 0 Å². The molecule has 112 valence electrons. The Balaban J connectivity index is 2.62. The van der Waals surface area contributed by atoms with Crippen molar-refractivity contribution in [3.05, 3.63) is 12.2 Å². The van der Waals surface area contributed by atoms with Crippen molar-refractivity contribution in [1.29, 1.82) is 0 Å². The predicted octanol–water partition coefficient (Wildman–Crippen LogP) is 3.02. The Bertz CT molecular complexity index is 433. The molecule has 1 N–H and O–H groups in total. The fourth-order valence-electron chi connectivity index (χ4n) is 1.83. The number of hydrogen-bond donors (Lipinski definition) is 1. The number of amides is 1. The van der Waals surface area contributed by atoms with Gasteiger partial charge in [-0.2, -0.15) is 10.1 Å². The summed E-state index contributed by atoms with van der Waals surface area (Å²) >= 11 is 0. The summed E-state index contributed by atoms with van der Waals surface area (Å²) in [6.07, 6.45) is 4.20. The number of nitrogens with one attached hydrogen (secondary N) is 1. The summed E-state index contributed by atoms with van der Waals surface area (Å²) in [4.78, 5) is 19.6. The quantitative estimate of drug-likeness (QED) is 0.841. The molecule has 1 amide bonds. The number of nitrogens with zero attached hydrogens (tertiary/aromatic N) is 3. The summed E-state index contributed by atoms with van der Waals surface area (Å²) in [5, 5.41) is 6.65. The first-order valence-electron chi connectivity index (χ1n) is 6.87. The first kappa shape index (κ1) is 16.3. The molecule has 0 aliphatic heterocycles. The molecule has 20 heavy (non-hydrogen) atoms. The second kappa shape index (κ2) is 7.17. The van der Waals surface area contributed by atoms with Crippen LogP contribution >= 0.6 is 0 Å². The van der Waals surface area contributed by atoms with Gasteiger partial charge in [0.25, 0.3) is 0 Å². The third-order valence-corrected chi connectivity index (χ3v) is 2.48. The van der Waals surface area contributed by atoms with Gasteiger partial charge >= 0.3 is 6.09 Å². The maximum Gasteiger partial charge on any atom is 0.433 e. The van der Waals surface area contributed by atoms with E-state index in [-0.39, 0.29) is 5.92 Å². The van der Waals surface area contributed by atoms with Crippen LogP contribution in [0.4, 0.5) is 4.79 Å². The zero-order valence-electron chi connectivity index (χ0n) is 12.9. The van der Waals surface area contributed by atoms with Crippen molar-refractivity contribution in [3.8, 4) is 0 Å². The Morgan fingerprint density at radius 3 is 2.70 bits per heavy atom. The lowest BCUT2D eigenvalue weighted by Crippen LogP contribution is -2.22. The second-order valence-electron chi connectivity index (χ2n) is 6.28. The van der Waals surface area contributed by atoms with Gasteiger partial charge in [-0.05, 0) is 33.1 Å². The summed E-state index contributed by atoms with van der Waals surface area (Å²) in [7, 11) is 0. The largest absolute Gasteiger partial charge is 0.442 e. The molecule has 1 rings (SSSR count). The summed E-state index contributed by atoms with van der Waals surface area (Å²) in [6, 6.07) is 0. The smallest absolute Gasteiger partial charge is 0.433 e. The lowest BCUT2D eigenvalue weighted by molar-refractivity contribution is 0.0604. The number of ether oxygens (including phenoxy) is 1. The first-order valence-corrected chi connectivity index (χ1v) is 6.87. The Hall–Kier alpha value is -1.72. The van der Waals surface area contributed by atoms with Gasteiger partial charge in [-0.1, -0.05) is 13.8 Å². The Labute approximate surface area is 120 Å². The van der Waals surface area contributed by atoms with Gasteiger partial charge in [0.15, 0.2) is 0 Å². The Morgan fingerprint density at radius 2 is 2.20 bits per heavy atom. The van der Waals surface area contributed by atoms with Gasteiger partial charge in [0.05, 0.1) is 0 Å². The molecule has 6 heteroatoms. The highest BCUT2D eigenvalue weighted by Crippen LogP contribution is 2.14. The monoisotopic (exact) mass is 280 g/mol. The molecule has 1 unspecified atom stereocenters. The minimum atomic E-state index is -0.552. The molecule has 0 aromatic carbocycles. The number of aromatic amines is 1. The number of hydrogen-bond acceptors (Lipinski definition) is 4. The number of rotatable bonds is 5. The predicted molar refractivity (Wildman–Crippen MR) is 77.8 cm³/mol. The molecule has 0 aliphatic rings. The SMILES string of the molecule is CC(C)CC(C=NC(=O)OC(C)(C)C)Cc1ncn[nH]1. The van der Waals surface area contributed by atoms with Crippen molar-refractivity contribution in [2.45, 2.75) is 53.1 Å². The maximum absolute atomic E-state index is 11.6. The zero-order chi connectivity index (χ0) is 15.2. The van der Waals surface area contributed by atoms with Gasteiger partial charge in [-0.3, -0.25) is 5.10 Å². The van der Waals surface area contributed by atoms with Gasteiger partial charge in [-0.25, -0.2) is 9.78 Å². The number of carbonyl (C=O) groups is 1. The van der Waals surface area contributed by atoms with Gasteiger partial charge in [0.2, 0.25) is 0 Å². The van der Waals surface area contributed by atoms with Crippen LogP contribution in [-0.2, 0) is 11.2 Å². The molecule has 0 radical (unpaired) electrons. The zero-order valence-corrected chi connectivity index (χ0v) is 12.9. The molecular formula is C14H24N4O2. The average molecular weight is 280 g/mol. The van der Waals surface area contributed by atoms with E-state index in [9.17, 15) is 4.79 Å². The summed E-state index contributed by atoms with van der Waals surface area (Å²) < 4.78 is 5.16. The minimum absolute atomic E-state index is 0.135. The molecule has 1 aromatic rings. The van der Waals surface area contributed by atoms with E-state index in [1.807, 2.05) is 20.8 Å². The standard InChI is InChI=1S/C14H24N4O2/c1-10(2)6-11(7-12-16-9-17-18-12)8-15-13(19)20-14(3,4)5/h8-11H,6-7H2,1-5H3,(H,16,17,18). The highest BCUT2D eigenvalue weighted by molar-refractivity contribution is 5.80. The van der Waals surface area contributed by atoms with Crippen molar-refractivity contribution < 1.29 is 9.53 Å². The van der Waals surface area contributed by atoms with E-state index in [1.165, 1.54) is 6.33 Å². The normalized spacial score (nSPS) is 13.9. The van der Waals surface area contributed by atoms with Crippen LogP contribution < -0.4 is 0 Å². The number of aromatic nitrogens is 3. The Morgan fingerprint density at radius 1 is 1.50 bits per heavy atom. The van der Waals surface area contributed by atoms with Crippen LogP contribution in [0.2, 0.25) is 0 Å². The van der Waals surface area contributed by atoms with Crippen LogP contribution in [0.25, 0.3) is 0 Å². The van der Waals surface area contributed by atoms with Crippen molar-refractivity contribution in [1.82, 2.24) is 15.2 Å². The highest BCUT2D eigenvalue weighted by Gasteiger charge is 2.16. The van der Waals surface area contributed by atoms with Gasteiger partial charge in [0, 0.05) is 18.6 Å². The van der Waals surface area contributed by atoms with Crippen molar-refractivity contribution in [2.24, 2.45) is 16.8 Å². The van der Waals surface area contributed by atoms with Crippen LogP contribution in [0.1, 0.15) is 46.9 Å². The summed E-state index contributed by atoms with van der Waals surface area (Å²) in [6.45, 7) is 9.73. The van der Waals surface area contributed by atoms with E-state index in [0.717, 1.165) is 12.2 Å². The molecule has 0 aliphatic carbocycles. The third kappa shape index (κ3) is 7.01. The van der Waals surface area contributed by atoms with E-state index in [4.69, 9.17) is 4.74 Å². The van der Waals surface area contributed by atoms with Gasteiger partial charge in [0.1, 0.15) is 17.8 Å². The number of aliphatic imine (C=N–C) groups is 1. The molecular weight excluding hydrogens is 256 g/mol. The second-order valence-corrected chi connectivity index (χ2v) is 6.28. The number of carbonyl (C=O) groups excluding carboxylic acids is 1. The molecule has 0 fully saturated rings. The van der Waals surface area contributed by atoms with Crippen LogP contribution in [0.3, 0.4) is 0 Å². The maximum atomic E-state index is 11.6. The molecule has 0 saturated heterocycles. The highest BCUT2D eigenvalue weighted by atomic mass is 16.6. The van der Waals surface area contributed by atoms with E-state index in [2.05, 4.69) is 34.0 Å². The Kier molecular flexibility index (Phi) is 5.85. The lowest BCUT2D eigenvalue weighted by Gasteiger charge is -2.18. The molecule has 1 heterocycles. The molecule has 0 bridgehead atoms. The van der Waals surface area contributed by atoms with E-state index >= 15 is 0 Å².